The summed E-state index contributed by atoms with van der Waals surface area (Å²) >= 11 is 4.24. The molecule has 3 aliphatic rings. The van der Waals surface area contributed by atoms with E-state index in [0.717, 1.165) is 114 Å². The van der Waals surface area contributed by atoms with Gasteiger partial charge in [0.05, 0.1) is 11.8 Å². The lowest BCUT2D eigenvalue weighted by molar-refractivity contribution is -0.160. The Balaban J connectivity index is 0.00000253. The molecular weight excluding hydrogens is 715 g/mol. The topological polar surface area (TPSA) is 157 Å². The van der Waals surface area contributed by atoms with Gasteiger partial charge in [0.2, 0.25) is 11.8 Å². The molecule has 0 heterocycles. The normalized spacial score (nSPS) is 22.2. The molecule has 3 aliphatic carbocycles. The van der Waals surface area contributed by atoms with Gasteiger partial charge in [-0.2, -0.15) is 12.6 Å². The Bertz CT molecular complexity index is 1280. The van der Waals surface area contributed by atoms with Gasteiger partial charge < -0.3 is 30.9 Å². The zero-order valence-corrected chi connectivity index (χ0v) is 35.6. The maximum atomic E-state index is 13.8. The van der Waals surface area contributed by atoms with E-state index < -0.39 is 23.8 Å². The lowest BCUT2D eigenvalue weighted by atomic mass is 9.73. The first-order valence-corrected chi connectivity index (χ1v) is 22.4. The van der Waals surface area contributed by atoms with Gasteiger partial charge >= 0.3 is 11.9 Å². The van der Waals surface area contributed by atoms with Gasteiger partial charge in [0.25, 0.3) is 0 Å². The number of nitrogens with two attached hydrogens (primary N) is 1. The van der Waals surface area contributed by atoms with E-state index in [2.05, 4.69) is 36.3 Å². The van der Waals surface area contributed by atoms with Crippen molar-refractivity contribution < 1.29 is 33.8 Å². The lowest BCUT2D eigenvalue weighted by Crippen LogP contribution is -2.53. The highest BCUT2D eigenvalue weighted by atomic mass is 32.1. The van der Waals surface area contributed by atoms with Gasteiger partial charge in [0.15, 0.2) is 6.61 Å². The second kappa shape index (κ2) is 27.7. The van der Waals surface area contributed by atoms with Gasteiger partial charge in [-0.1, -0.05) is 85.3 Å². The van der Waals surface area contributed by atoms with Crippen LogP contribution in [-0.4, -0.2) is 66.5 Å². The molecule has 314 valence electrons. The number of benzene rings is 1. The van der Waals surface area contributed by atoms with Crippen LogP contribution in [0.3, 0.4) is 0 Å². The Morgan fingerprint density at radius 2 is 1.64 bits per heavy atom. The number of ether oxygens (including phenoxy) is 2. The van der Waals surface area contributed by atoms with E-state index in [0.29, 0.717) is 42.9 Å². The van der Waals surface area contributed by atoms with Gasteiger partial charge in [0, 0.05) is 13.1 Å². The van der Waals surface area contributed by atoms with E-state index in [1.165, 1.54) is 5.56 Å². The summed E-state index contributed by atoms with van der Waals surface area (Å²) in [4.78, 5) is 51.3. The van der Waals surface area contributed by atoms with Gasteiger partial charge in [-0.05, 0) is 118 Å². The number of fused-ring (bicyclic) bond motifs is 2. The Kier molecular flexibility index (Phi) is 24.4. The van der Waals surface area contributed by atoms with Crippen molar-refractivity contribution in [3.05, 3.63) is 29.3 Å². The van der Waals surface area contributed by atoms with Crippen molar-refractivity contribution in [1.29, 1.82) is 0 Å². The molecular formula is C44H75N3O7S. The quantitative estimate of drug-likeness (QED) is 0.0449. The van der Waals surface area contributed by atoms with Crippen LogP contribution in [0.4, 0.5) is 0 Å². The van der Waals surface area contributed by atoms with Crippen molar-refractivity contribution in [3.63, 3.8) is 0 Å². The molecule has 5 N–H and O–H groups in total. The summed E-state index contributed by atoms with van der Waals surface area (Å²) in [6.07, 6.45) is 16.7. The average molecular weight is 790 g/mol. The highest BCUT2D eigenvalue weighted by Gasteiger charge is 2.41. The van der Waals surface area contributed by atoms with Crippen LogP contribution < -0.4 is 21.1 Å². The highest BCUT2D eigenvalue weighted by molar-refractivity contribution is 7.80. The standard InChI is InChI=1S/C40H63N3O7S.2C2H6/c1-2-3-6-13-30(20-19-27-17-18-29-24-34-28(23-33(27)29)12-11-16-36(34)49-26-37(44)45)50-40(48)32-15-8-7-14-31(32)38(46)43-35(25-41)39(47)42-21-9-4-5-10-22-51;2*1-2/h11-12,16,27,29-33,35,51H,2-10,13-15,17-26,41H2,1H3,(H,42,47)(H,43,46)(H,44,45);2*1-2H3/t27?,29?,30?,31-,32+,33?,35?;;/m0../s1. The zero-order chi connectivity index (χ0) is 40.6. The van der Waals surface area contributed by atoms with Crippen molar-refractivity contribution in [2.45, 2.75) is 162 Å². The molecule has 1 aromatic carbocycles. The molecule has 2 saturated carbocycles. The Morgan fingerprint density at radius 3 is 2.33 bits per heavy atom. The summed E-state index contributed by atoms with van der Waals surface area (Å²) in [6, 6.07) is 5.16. The number of amides is 2. The molecule has 5 unspecified atom stereocenters. The third kappa shape index (κ3) is 15.9. The predicted octanol–water partition coefficient (Wildman–Crippen LogP) is 8.07. The summed E-state index contributed by atoms with van der Waals surface area (Å²) in [6.45, 7) is 10.4. The number of nitrogens with one attached hydrogen (secondary N) is 2. The SMILES string of the molecule is CC.CC.CCCCCC(CCC1CCC2Cc3c(cccc3OCC(=O)O)CC12)OC(=O)[C@@H]1CCCC[C@@H]1C(=O)NC(CN)C(=O)NCCCCCCS. The van der Waals surface area contributed by atoms with E-state index in [-0.39, 0.29) is 37.0 Å². The number of carboxylic acid groups (broad SMARTS) is 1. The molecule has 11 heteroatoms. The molecule has 0 aromatic heterocycles. The van der Waals surface area contributed by atoms with E-state index in [4.69, 9.17) is 20.3 Å². The monoisotopic (exact) mass is 790 g/mol. The van der Waals surface area contributed by atoms with Crippen molar-refractivity contribution in [2.75, 3.05) is 25.4 Å². The summed E-state index contributed by atoms with van der Waals surface area (Å²) < 4.78 is 12.0. The zero-order valence-electron chi connectivity index (χ0n) is 34.8. The molecule has 0 bridgehead atoms. The van der Waals surface area contributed by atoms with E-state index in [9.17, 15) is 19.2 Å². The van der Waals surface area contributed by atoms with Crippen LogP contribution in [0, 0.1) is 29.6 Å². The van der Waals surface area contributed by atoms with Gasteiger partial charge in [-0.15, -0.1) is 0 Å². The summed E-state index contributed by atoms with van der Waals surface area (Å²) in [5, 5.41) is 14.9. The maximum absolute atomic E-state index is 13.8. The van der Waals surface area contributed by atoms with Crippen LogP contribution in [0.2, 0.25) is 0 Å². The Labute approximate surface area is 338 Å². The minimum atomic E-state index is -0.972. The van der Waals surface area contributed by atoms with Crippen LogP contribution in [0.15, 0.2) is 18.2 Å². The van der Waals surface area contributed by atoms with E-state index in [1.54, 1.807) is 0 Å². The molecule has 2 fully saturated rings. The Hall–Kier alpha value is -2.79. The molecule has 2 amide bonds. The Morgan fingerprint density at radius 1 is 0.909 bits per heavy atom. The number of rotatable bonds is 22. The van der Waals surface area contributed by atoms with Gasteiger partial charge in [0.1, 0.15) is 17.9 Å². The van der Waals surface area contributed by atoms with Crippen molar-refractivity contribution >= 4 is 36.4 Å². The van der Waals surface area contributed by atoms with Crippen LogP contribution in [0.25, 0.3) is 0 Å². The summed E-state index contributed by atoms with van der Waals surface area (Å²) in [5.74, 6) is 0.310. The predicted molar refractivity (Wildman–Crippen MR) is 224 cm³/mol. The van der Waals surface area contributed by atoms with Crippen molar-refractivity contribution in [1.82, 2.24) is 10.6 Å². The molecule has 0 spiro atoms. The van der Waals surface area contributed by atoms with E-state index in [1.807, 2.05) is 39.8 Å². The number of unbranched alkanes of at least 4 members (excludes halogenated alkanes) is 5. The lowest BCUT2D eigenvalue weighted by Gasteiger charge is -2.33. The number of hydrogen-bond donors (Lipinski definition) is 5. The van der Waals surface area contributed by atoms with Crippen LogP contribution in [0.1, 0.15) is 148 Å². The second-order valence-corrected chi connectivity index (χ2v) is 15.5. The molecule has 1 aromatic rings. The van der Waals surface area contributed by atoms with Gasteiger partial charge in [-0.3, -0.25) is 14.4 Å². The van der Waals surface area contributed by atoms with Crippen molar-refractivity contribution in [2.24, 2.45) is 35.3 Å². The fourth-order valence-corrected chi connectivity index (χ4v) is 8.93. The number of thiol groups is 1. The first-order chi connectivity index (χ1) is 26.7. The molecule has 0 radical (unpaired) electrons. The molecule has 7 atom stereocenters. The average Bonchev–Trinajstić information content (AvgIpc) is 3.61. The van der Waals surface area contributed by atoms with Crippen molar-refractivity contribution in [3.8, 4) is 5.75 Å². The number of aliphatic carboxylic acids is 1. The number of carbonyl (C=O) groups excluding carboxylic acids is 3. The second-order valence-electron chi connectivity index (χ2n) is 15.1. The number of carboxylic acids is 1. The van der Waals surface area contributed by atoms with Gasteiger partial charge in [-0.25, -0.2) is 4.79 Å². The third-order valence-electron chi connectivity index (χ3n) is 11.6. The molecule has 0 saturated heterocycles. The maximum Gasteiger partial charge on any atom is 0.341 e. The molecule has 55 heavy (non-hydrogen) atoms. The van der Waals surface area contributed by atoms with Crippen LogP contribution in [0.5, 0.6) is 5.75 Å². The summed E-state index contributed by atoms with van der Waals surface area (Å²) in [7, 11) is 0. The fourth-order valence-electron chi connectivity index (χ4n) is 8.71. The molecule has 4 rings (SSSR count). The first-order valence-electron chi connectivity index (χ1n) is 21.8. The molecule has 10 nitrogen and oxygen atoms in total. The minimum absolute atomic E-state index is 0.00712. The highest BCUT2D eigenvalue weighted by Crippen LogP contribution is 2.48. The largest absolute Gasteiger partial charge is 0.482 e. The number of carbonyl (C=O) groups is 4. The first kappa shape index (κ1) is 48.4. The number of esters is 1. The molecule has 0 aliphatic heterocycles. The van der Waals surface area contributed by atoms with Crippen LogP contribution >= 0.6 is 12.6 Å². The smallest absolute Gasteiger partial charge is 0.341 e. The van der Waals surface area contributed by atoms with E-state index >= 15 is 0 Å². The third-order valence-corrected chi connectivity index (χ3v) is 11.9. The van der Waals surface area contributed by atoms with Crippen LogP contribution in [-0.2, 0) is 36.8 Å². The fraction of sp³-hybridized carbons (Fsp3) is 0.773. The summed E-state index contributed by atoms with van der Waals surface area (Å²) in [5.41, 5.74) is 8.33. The number of hydrogen-bond acceptors (Lipinski definition) is 8. The minimum Gasteiger partial charge on any atom is -0.482 e.